The van der Waals surface area contributed by atoms with Crippen LogP contribution < -0.4 is 11.1 Å². The third-order valence-corrected chi connectivity index (χ3v) is 3.92. The highest BCUT2D eigenvalue weighted by Crippen LogP contribution is 2.19. The number of aliphatic carboxylic acids is 1. The van der Waals surface area contributed by atoms with E-state index in [0.29, 0.717) is 5.75 Å². The lowest BCUT2D eigenvalue weighted by Crippen LogP contribution is -2.44. The largest absolute Gasteiger partial charge is 0.480 e. The zero-order valence-corrected chi connectivity index (χ0v) is 10.9. The molecule has 5 N–H and O–H groups in total. The summed E-state index contributed by atoms with van der Waals surface area (Å²) in [6, 6.07) is -0.729. The minimum Gasteiger partial charge on any atom is -0.480 e. The maximum Gasteiger partial charge on any atom is 0.322 e. The van der Waals surface area contributed by atoms with Crippen LogP contribution in [-0.4, -0.2) is 52.3 Å². The summed E-state index contributed by atoms with van der Waals surface area (Å²) in [7, 11) is 0. The number of amides is 1. The topological polar surface area (TPSA) is 113 Å². The van der Waals surface area contributed by atoms with Crippen LogP contribution in [0.5, 0.6) is 0 Å². The number of carboxylic acids is 1. The first-order valence-electron chi connectivity index (χ1n) is 5.36. The Morgan fingerprint density at radius 3 is 2.47 bits per heavy atom. The maximum absolute atomic E-state index is 11.3. The first-order chi connectivity index (χ1) is 7.88. The lowest BCUT2D eigenvalue weighted by Gasteiger charge is -2.19. The molecule has 0 spiro atoms. The fourth-order valence-corrected chi connectivity index (χ4v) is 2.01. The predicted molar refractivity (Wildman–Crippen MR) is 66.8 cm³/mol. The molecule has 17 heavy (non-hydrogen) atoms. The summed E-state index contributed by atoms with van der Waals surface area (Å²) in [6.45, 7) is 3.54. The summed E-state index contributed by atoms with van der Waals surface area (Å²) in [5.74, 6) is -1.03. The number of rotatable bonds is 8. The molecule has 1 amide bonds. The average molecular weight is 264 g/mol. The standard InChI is InChI=1S/C10H20N2O4S/c1-6(4-13)7(2)17-5-8(11)10(16)12-3-9(14)15/h6-8,13H,3-5,11H2,1-2H3,(H,12,16)(H,14,15). The van der Waals surface area contributed by atoms with Gasteiger partial charge in [-0.05, 0) is 5.92 Å². The second-order valence-corrected chi connectivity index (χ2v) is 5.33. The highest BCUT2D eigenvalue weighted by molar-refractivity contribution is 7.99. The molecule has 0 aliphatic carbocycles. The number of carbonyl (C=O) groups is 2. The van der Waals surface area contributed by atoms with Crippen molar-refractivity contribution in [2.45, 2.75) is 25.1 Å². The summed E-state index contributed by atoms with van der Waals surface area (Å²) in [4.78, 5) is 21.6. The maximum atomic E-state index is 11.3. The van der Waals surface area contributed by atoms with Crippen molar-refractivity contribution in [2.75, 3.05) is 18.9 Å². The van der Waals surface area contributed by atoms with Crippen molar-refractivity contribution in [3.8, 4) is 0 Å². The Labute approximate surface area is 105 Å². The van der Waals surface area contributed by atoms with Crippen molar-refractivity contribution < 1.29 is 19.8 Å². The second kappa shape index (κ2) is 8.32. The van der Waals surface area contributed by atoms with Crippen LogP contribution in [-0.2, 0) is 9.59 Å². The van der Waals surface area contributed by atoms with Gasteiger partial charge in [-0.15, -0.1) is 0 Å². The van der Waals surface area contributed by atoms with Gasteiger partial charge < -0.3 is 21.3 Å². The average Bonchev–Trinajstić information content (AvgIpc) is 2.31. The van der Waals surface area contributed by atoms with E-state index in [0.717, 1.165) is 0 Å². The Balaban J connectivity index is 3.88. The van der Waals surface area contributed by atoms with Crippen molar-refractivity contribution in [3.05, 3.63) is 0 Å². The van der Waals surface area contributed by atoms with E-state index in [1.54, 1.807) is 0 Å². The molecule has 100 valence electrons. The molecule has 7 heteroatoms. The fourth-order valence-electron chi connectivity index (χ4n) is 0.938. The first-order valence-corrected chi connectivity index (χ1v) is 6.40. The van der Waals surface area contributed by atoms with Crippen LogP contribution in [0.15, 0.2) is 0 Å². The second-order valence-electron chi connectivity index (χ2n) is 3.92. The number of aliphatic hydroxyl groups is 1. The van der Waals surface area contributed by atoms with E-state index in [4.69, 9.17) is 15.9 Å². The van der Waals surface area contributed by atoms with Crippen LogP contribution in [0.1, 0.15) is 13.8 Å². The normalized spacial score (nSPS) is 16.0. The Morgan fingerprint density at radius 2 is 2.00 bits per heavy atom. The zero-order valence-electron chi connectivity index (χ0n) is 10.0. The number of nitrogens with two attached hydrogens (primary N) is 1. The van der Waals surface area contributed by atoms with Crippen molar-refractivity contribution in [2.24, 2.45) is 11.7 Å². The van der Waals surface area contributed by atoms with Crippen LogP contribution in [0.4, 0.5) is 0 Å². The predicted octanol–water partition coefficient (Wildman–Crippen LogP) is -0.735. The molecule has 0 aliphatic heterocycles. The van der Waals surface area contributed by atoms with Crippen molar-refractivity contribution >= 4 is 23.6 Å². The van der Waals surface area contributed by atoms with Gasteiger partial charge in [0.05, 0.1) is 6.04 Å². The SMILES string of the molecule is CC(CO)C(C)SCC(N)C(=O)NCC(=O)O. The minimum absolute atomic E-state index is 0.0919. The summed E-state index contributed by atoms with van der Waals surface area (Å²) < 4.78 is 0. The first kappa shape index (κ1) is 16.2. The van der Waals surface area contributed by atoms with E-state index >= 15 is 0 Å². The Hall–Kier alpha value is -0.790. The molecule has 0 rings (SSSR count). The minimum atomic E-state index is -1.10. The van der Waals surface area contributed by atoms with Gasteiger partial charge >= 0.3 is 5.97 Å². The molecular formula is C10H20N2O4S. The number of hydrogen-bond donors (Lipinski definition) is 4. The summed E-state index contributed by atoms with van der Waals surface area (Å²) in [5.41, 5.74) is 5.61. The van der Waals surface area contributed by atoms with Gasteiger partial charge in [0.15, 0.2) is 0 Å². The molecule has 0 aromatic rings. The number of aliphatic hydroxyl groups excluding tert-OH is 1. The molecule has 0 bridgehead atoms. The molecule has 0 aliphatic rings. The third kappa shape index (κ3) is 7.19. The monoisotopic (exact) mass is 264 g/mol. The molecule has 0 aromatic carbocycles. The Bertz CT molecular complexity index is 263. The Kier molecular flexibility index (Phi) is 7.94. The van der Waals surface area contributed by atoms with Gasteiger partial charge in [0.25, 0.3) is 0 Å². The molecule has 3 unspecified atom stereocenters. The van der Waals surface area contributed by atoms with Crippen molar-refractivity contribution in [1.29, 1.82) is 0 Å². The van der Waals surface area contributed by atoms with Crippen LogP contribution in [0.2, 0.25) is 0 Å². The fraction of sp³-hybridized carbons (Fsp3) is 0.800. The third-order valence-electron chi connectivity index (χ3n) is 2.38. The van der Waals surface area contributed by atoms with Crippen molar-refractivity contribution in [3.63, 3.8) is 0 Å². The number of hydrogen-bond acceptors (Lipinski definition) is 5. The van der Waals surface area contributed by atoms with Crippen LogP contribution in [0.3, 0.4) is 0 Å². The van der Waals surface area contributed by atoms with Gasteiger partial charge in [-0.3, -0.25) is 9.59 Å². The molecule has 0 heterocycles. The van der Waals surface area contributed by atoms with Gasteiger partial charge in [-0.1, -0.05) is 13.8 Å². The number of thioether (sulfide) groups is 1. The van der Waals surface area contributed by atoms with Crippen molar-refractivity contribution in [1.82, 2.24) is 5.32 Å². The highest BCUT2D eigenvalue weighted by atomic mass is 32.2. The number of nitrogens with one attached hydrogen (secondary N) is 1. The van der Waals surface area contributed by atoms with E-state index in [9.17, 15) is 9.59 Å². The highest BCUT2D eigenvalue weighted by Gasteiger charge is 2.18. The summed E-state index contributed by atoms with van der Waals surface area (Å²) in [6.07, 6.45) is 0. The lowest BCUT2D eigenvalue weighted by molar-refractivity contribution is -0.138. The van der Waals surface area contributed by atoms with E-state index in [-0.39, 0.29) is 17.8 Å². The van der Waals surface area contributed by atoms with E-state index < -0.39 is 24.5 Å². The Morgan fingerprint density at radius 1 is 1.41 bits per heavy atom. The smallest absolute Gasteiger partial charge is 0.322 e. The van der Waals surface area contributed by atoms with Gasteiger partial charge in [-0.2, -0.15) is 11.8 Å². The molecule has 0 saturated heterocycles. The summed E-state index contributed by atoms with van der Waals surface area (Å²) in [5, 5.41) is 19.7. The van der Waals surface area contributed by atoms with E-state index in [1.807, 2.05) is 13.8 Å². The van der Waals surface area contributed by atoms with Gasteiger partial charge in [0.2, 0.25) is 5.91 Å². The van der Waals surface area contributed by atoms with Crippen LogP contribution >= 0.6 is 11.8 Å². The van der Waals surface area contributed by atoms with Gasteiger partial charge in [0, 0.05) is 17.6 Å². The summed E-state index contributed by atoms with van der Waals surface area (Å²) >= 11 is 1.49. The lowest BCUT2D eigenvalue weighted by atomic mass is 10.1. The van der Waals surface area contributed by atoms with Crippen LogP contribution in [0, 0.1) is 5.92 Å². The molecular weight excluding hydrogens is 244 g/mol. The quantitative estimate of drug-likeness (QED) is 0.459. The molecule has 0 aromatic heterocycles. The molecule has 6 nitrogen and oxygen atoms in total. The molecule has 0 saturated carbocycles. The number of carboxylic acid groups (broad SMARTS) is 1. The molecule has 3 atom stereocenters. The molecule has 0 radical (unpaired) electrons. The van der Waals surface area contributed by atoms with E-state index in [1.165, 1.54) is 11.8 Å². The van der Waals surface area contributed by atoms with Gasteiger partial charge in [0.1, 0.15) is 6.54 Å². The number of carbonyl (C=O) groups excluding carboxylic acids is 1. The van der Waals surface area contributed by atoms with Crippen LogP contribution in [0.25, 0.3) is 0 Å². The van der Waals surface area contributed by atoms with Gasteiger partial charge in [-0.25, -0.2) is 0 Å². The molecule has 0 fully saturated rings. The zero-order chi connectivity index (χ0) is 13.4. The van der Waals surface area contributed by atoms with E-state index in [2.05, 4.69) is 5.32 Å².